The molecular formula is C54H73N7O7. The molecule has 2 saturated heterocycles. The van der Waals surface area contributed by atoms with Gasteiger partial charge in [-0.25, -0.2) is 5.43 Å². The Morgan fingerprint density at radius 3 is 2.41 bits per heavy atom. The van der Waals surface area contributed by atoms with Crippen molar-refractivity contribution in [2.24, 2.45) is 17.3 Å². The van der Waals surface area contributed by atoms with Crippen LogP contribution in [0.3, 0.4) is 0 Å². The number of aromatic nitrogens is 2. The van der Waals surface area contributed by atoms with Crippen LogP contribution in [0.5, 0.6) is 0 Å². The van der Waals surface area contributed by atoms with Crippen LogP contribution < -0.4 is 10.7 Å². The third-order valence-electron chi connectivity index (χ3n) is 13.6. The van der Waals surface area contributed by atoms with E-state index in [0.717, 1.165) is 102 Å². The van der Waals surface area contributed by atoms with Crippen LogP contribution in [0.1, 0.15) is 96.6 Å². The van der Waals surface area contributed by atoms with Gasteiger partial charge in [0.05, 0.1) is 30.1 Å². The normalized spacial score (nSPS) is 17.6. The number of hydrazine groups is 1. The lowest BCUT2D eigenvalue weighted by Crippen LogP contribution is -2.59. The molecule has 4 heterocycles. The molecule has 1 aliphatic carbocycles. The van der Waals surface area contributed by atoms with Crippen LogP contribution in [0.2, 0.25) is 0 Å². The van der Waals surface area contributed by atoms with E-state index in [1.165, 1.54) is 6.08 Å². The number of amides is 3. The molecule has 3 aliphatic rings. The minimum atomic E-state index is -0.721. The first-order chi connectivity index (χ1) is 32.6. The van der Waals surface area contributed by atoms with Crippen molar-refractivity contribution in [3.05, 3.63) is 90.3 Å². The van der Waals surface area contributed by atoms with Gasteiger partial charge >= 0.3 is 0 Å². The smallest absolute Gasteiger partial charge is 0.293 e. The number of aryl methyl sites for hydroxylation is 1. The van der Waals surface area contributed by atoms with E-state index in [4.69, 9.17) is 14.5 Å². The highest BCUT2D eigenvalue weighted by Crippen LogP contribution is 2.42. The van der Waals surface area contributed by atoms with Gasteiger partial charge in [-0.05, 0) is 118 Å². The van der Waals surface area contributed by atoms with E-state index >= 15 is 0 Å². The van der Waals surface area contributed by atoms with Crippen molar-refractivity contribution < 1.29 is 33.4 Å². The number of likely N-dealkylation sites (N-methyl/N-ethyl adjacent to an activating group) is 1. The summed E-state index contributed by atoms with van der Waals surface area (Å²) >= 11 is 0. The maximum atomic E-state index is 14.1. The molecule has 2 aromatic carbocycles. The molecule has 1 saturated carbocycles. The van der Waals surface area contributed by atoms with Crippen molar-refractivity contribution in [2.45, 2.75) is 117 Å². The van der Waals surface area contributed by atoms with Gasteiger partial charge in [0.25, 0.3) is 12.4 Å². The van der Waals surface area contributed by atoms with Crippen LogP contribution in [0.4, 0.5) is 0 Å². The van der Waals surface area contributed by atoms with Crippen molar-refractivity contribution in [1.82, 2.24) is 35.1 Å². The SMILES string of the molecule is C=CC(=O)N1CCC(C=O)C1.CCn1c(-c2cccnc2C(C)OC)c(CC(C)(C)COC=O)c2cc(-c3cccc(CC(NC(=O)C(C(C)C)N(C)C4CC4)C(=O)N4CCCCN4)c3)ccc21. The van der Waals surface area contributed by atoms with E-state index in [-0.39, 0.29) is 53.7 Å². The number of likely N-dealkylation sites (tertiary alicyclic amines) is 1. The molecule has 0 radical (unpaired) electrons. The van der Waals surface area contributed by atoms with Gasteiger partial charge in [0.15, 0.2) is 0 Å². The molecule has 4 atom stereocenters. The van der Waals surface area contributed by atoms with Gasteiger partial charge in [0.1, 0.15) is 12.3 Å². The first-order valence-electron chi connectivity index (χ1n) is 24.4. The van der Waals surface area contributed by atoms with Crippen molar-refractivity contribution >= 4 is 41.4 Å². The highest BCUT2D eigenvalue weighted by atomic mass is 16.5. The minimum absolute atomic E-state index is 0.0406. The molecule has 0 bridgehead atoms. The van der Waals surface area contributed by atoms with E-state index < -0.39 is 6.04 Å². The number of nitrogens with zero attached hydrogens (tertiary/aromatic N) is 5. The maximum Gasteiger partial charge on any atom is 0.293 e. The highest BCUT2D eigenvalue weighted by molar-refractivity contribution is 5.95. The van der Waals surface area contributed by atoms with E-state index in [1.807, 2.05) is 38.4 Å². The number of benzene rings is 2. The first kappa shape index (κ1) is 51.7. The van der Waals surface area contributed by atoms with Gasteiger partial charge < -0.3 is 29.1 Å². The van der Waals surface area contributed by atoms with Crippen LogP contribution >= 0.6 is 0 Å². The van der Waals surface area contributed by atoms with Crippen molar-refractivity contribution in [3.8, 4) is 22.4 Å². The Morgan fingerprint density at radius 2 is 1.78 bits per heavy atom. The molecule has 2 aliphatic heterocycles. The molecule has 3 fully saturated rings. The molecule has 14 nitrogen and oxygen atoms in total. The first-order valence-corrected chi connectivity index (χ1v) is 24.4. The summed E-state index contributed by atoms with van der Waals surface area (Å²) in [7, 11) is 3.73. The molecule has 2 aromatic heterocycles. The number of nitrogens with one attached hydrogen (secondary N) is 2. The summed E-state index contributed by atoms with van der Waals surface area (Å²) in [5.41, 5.74) is 11.2. The van der Waals surface area contributed by atoms with Gasteiger partial charge in [0.2, 0.25) is 11.8 Å². The van der Waals surface area contributed by atoms with E-state index in [9.17, 15) is 24.0 Å². The molecular weight excluding hydrogens is 859 g/mol. The Labute approximate surface area is 402 Å². The average Bonchev–Trinajstić information content (AvgIpc) is 4.02. The largest absolute Gasteiger partial charge is 0.467 e. The summed E-state index contributed by atoms with van der Waals surface area (Å²) in [4.78, 5) is 69.3. The number of ether oxygens (including phenoxy) is 2. The molecule has 3 amide bonds. The van der Waals surface area contributed by atoms with Gasteiger partial charge in [-0.1, -0.05) is 64.6 Å². The summed E-state index contributed by atoms with van der Waals surface area (Å²) in [6.07, 6.45) is 9.74. The number of carbonyl (C=O) groups is 5. The van der Waals surface area contributed by atoms with Crippen LogP contribution in [0.25, 0.3) is 33.3 Å². The number of pyridine rings is 1. The number of fused-ring (bicyclic) bond motifs is 1. The Kier molecular flexibility index (Phi) is 17.9. The number of rotatable bonds is 20. The van der Waals surface area contributed by atoms with Gasteiger partial charge in [-0.15, -0.1) is 0 Å². The number of aldehydes is 1. The standard InChI is InChI=1S/C46H62N6O5.C8H11NO2/c1-9-51-40-20-17-34(26-37(40)38(27-46(5,6)28-57-29-53)43(51)36-16-13-21-47-41(36)31(4)56-8)33-15-12-14-32(24-33)25-39(45(55)52-23-11-10-22-48-52)49-44(54)42(30(2)3)50(7)35-18-19-35;1-2-8(11)9-4-3-7(5-9)6-10/h12-17,20-21,24,26,29-31,35,39,42,48H,9-11,18-19,22-23,25,27-28H2,1-8H3,(H,49,54);2,6-7H,1,3-5H2. The summed E-state index contributed by atoms with van der Waals surface area (Å²) in [5.74, 6) is -0.142. The molecule has 2 N–H and O–H groups in total. The third-order valence-corrected chi connectivity index (χ3v) is 13.6. The summed E-state index contributed by atoms with van der Waals surface area (Å²) in [6, 6.07) is 18.4. The zero-order valence-corrected chi connectivity index (χ0v) is 41.5. The Bertz CT molecular complexity index is 2400. The fourth-order valence-corrected chi connectivity index (χ4v) is 9.79. The van der Waals surface area contributed by atoms with E-state index in [1.54, 1.807) is 17.0 Å². The number of methoxy groups -OCH3 is 1. The van der Waals surface area contributed by atoms with Crippen LogP contribution in [-0.2, 0) is 52.8 Å². The predicted octanol–water partition coefficient (Wildman–Crippen LogP) is 7.33. The minimum Gasteiger partial charge on any atom is -0.467 e. The number of hydrogen-bond acceptors (Lipinski definition) is 10. The average molecular weight is 932 g/mol. The zero-order valence-electron chi connectivity index (χ0n) is 41.5. The van der Waals surface area contributed by atoms with E-state index in [2.05, 4.69) is 97.8 Å². The quantitative estimate of drug-likeness (QED) is 0.0680. The fourth-order valence-electron chi connectivity index (χ4n) is 9.79. The van der Waals surface area contributed by atoms with E-state index in [0.29, 0.717) is 45.0 Å². The molecule has 366 valence electrons. The molecule has 0 spiro atoms. The lowest BCUT2D eigenvalue weighted by molar-refractivity contribution is -0.141. The monoisotopic (exact) mass is 932 g/mol. The Hall–Kier alpha value is -5.70. The van der Waals surface area contributed by atoms with Gasteiger partial charge in [0, 0.05) is 86.3 Å². The maximum absolute atomic E-state index is 14.1. The topological polar surface area (TPSA) is 155 Å². The lowest BCUT2D eigenvalue weighted by atomic mass is 9.84. The summed E-state index contributed by atoms with van der Waals surface area (Å²) in [5, 5.41) is 6.03. The summed E-state index contributed by atoms with van der Waals surface area (Å²) < 4.78 is 13.5. The molecule has 68 heavy (non-hydrogen) atoms. The molecule has 14 heteroatoms. The highest BCUT2D eigenvalue weighted by Gasteiger charge is 2.38. The van der Waals surface area contributed by atoms with Crippen LogP contribution in [0, 0.1) is 17.3 Å². The third kappa shape index (κ3) is 12.5. The van der Waals surface area contributed by atoms with Crippen molar-refractivity contribution in [2.75, 3.05) is 46.9 Å². The van der Waals surface area contributed by atoms with Gasteiger partial charge in [-0.3, -0.25) is 34.1 Å². The Balaban J connectivity index is 0.000000608. The zero-order chi connectivity index (χ0) is 49.1. The second-order valence-electron chi connectivity index (χ2n) is 19.7. The number of carbonyl (C=O) groups excluding carboxylic acids is 5. The second-order valence-corrected chi connectivity index (χ2v) is 19.7. The van der Waals surface area contributed by atoms with Crippen molar-refractivity contribution in [3.63, 3.8) is 0 Å². The van der Waals surface area contributed by atoms with Crippen LogP contribution in [0.15, 0.2) is 73.4 Å². The van der Waals surface area contributed by atoms with Crippen LogP contribution in [-0.4, -0.2) is 120 Å². The molecule has 4 unspecified atom stereocenters. The van der Waals surface area contributed by atoms with Crippen molar-refractivity contribution in [1.29, 1.82) is 0 Å². The lowest BCUT2D eigenvalue weighted by Gasteiger charge is -2.34. The molecule has 7 rings (SSSR count). The summed E-state index contributed by atoms with van der Waals surface area (Å²) in [6.45, 7) is 20.1. The Morgan fingerprint density at radius 1 is 1.01 bits per heavy atom. The predicted molar refractivity (Wildman–Crippen MR) is 266 cm³/mol. The van der Waals surface area contributed by atoms with Gasteiger partial charge in [-0.2, -0.15) is 0 Å². The fraction of sp³-hybridized carbons (Fsp3) is 0.519. The molecule has 4 aromatic rings. The number of hydrogen-bond donors (Lipinski definition) is 2. The second kappa shape index (κ2) is 23.5.